The Labute approximate surface area is 315 Å². The van der Waals surface area contributed by atoms with Crippen molar-refractivity contribution in [1.82, 2.24) is 24.9 Å². The summed E-state index contributed by atoms with van der Waals surface area (Å²) in [6, 6.07) is 58.1. The van der Waals surface area contributed by atoms with E-state index >= 15 is 0 Å². The van der Waals surface area contributed by atoms with E-state index in [9.17, 15) is 0 Å². The Morgan fingerprint density at radius 2 is 0.945 bits per heavy atom. The summed E-state index contributed by atoms with van der Waals surface area (Å²) in [5, 5.41) is 7.28. The molecule has 11 aromatic rings. The zero-order valence-electron chi connectivity index (χ0n) is 29.4. The van der Waals surface area contributed by atoms with Crippen LogP contribution >= 0.6 is 0 Å². The summed E-state index contributed by atoms with van der Waals surface area (Å²) in [6.07, 6.45) is 1.89. The normalized spacial score (nSPS) is 11.6. The number of aromatic nitrogens is 5. The monoisotopic (exact) mass is 703 g/mol. The van der Waals surface area contributed by atoms with Crippen LogP contribution in [0.4, 0.5) is 0 Å². The summed E-state index contributed by atoms with van der Waals surface area (Å²) < 4.78 is 6.46. The molecule has 0 aliphatic rings. The molecule has 0 N–H and O–H groups in total. The maximum atomic E-state index is 6.46. The highest BCUT2D eigenvalue weighted by Crippen LogP contribution is 2.40. The molecular weight excluding hydrogens is 675 g/mol. The van der Waals surface area contributed by atoms with Gasteiger partial charge in [-0.05, 0) is 69.1 Å². The zero-order valence-corrected chi connectivity index (χ0v) is 29.4. The number of rotatable bonds is 5. The lowest BCUT2D eigenvalue weighted by atomic mass is 9.98. The van der Waals surface area contributed by atoms with E-state index in [0.29, 0.717) is 23.3 Å². The third-order valence-electron chi connectivity index (χ3n) is 10.4. The van der Waals surface area contributed by atoms with Gasteiger partial charge in [0.05, 0.1) is 5.52 Å². The van der Waals surface area contributed by atoms with E-state index in [-0.39, 0.29) is 0 Å². The molecule has 55 heavy (non-hydrogen) atoms. The number of nitrogens with zero attached hydrogens (tertiary/aromatic N) is 5. The van der Waals surface area contributed by atoms with Crippen LogP contribution in [0, 0.1) is 0 Å². The molecule has 0 spiro atoms. The van der Waals surface area contributed by atoms with Crippen molar-refractivity contribution in [3.05, 3.63) is 176 Å². The van der Waals surface area contributed by atoms with Gasteiger partial charge in [0.25, 0.3) is 0 Å². The second-order valence-corrected chi connectivity index (χ2v) is 13.7. The van der Waals surface area contributed by atoms with Crippen molar-refractivity contribution < 1.29 is 4.42 Å². The van der Waals surface area contributed by atoms with E-state index in [1.807, 2.05) is 66.9 Å². The van der Waals surface area contributed by atoms with Gasteiger partial charge in [-0.25, -0.2) is 24.9 Å². The van der Waals surface area contributed by atoms with Crippen LogP contribution in [0.5, 0.6) is 0 Å². The molecular formula is C49H29N5O. The molecule has 3 aromatic heterocycles. The van der Waals surface area contributed by atoms with Crippen molar-refractivity contribution >= 4 is 54.4 Å². The largest absolute Gasteiger partial charge is 0.456 e. The lowest BCUT2D eigenvalue weighted by molar-refractivity contribution is 0.669. The average molecular weight is 704 g/mol. The predicted octanol–water partition coefficient (Wildman–Crippen LogP) is 12.4. The van der Waals surface area contributed by atoms with Crippen molar-refractivity contribution in [2.75, 3.05) is 0 Å². The lowest BCUT2D eigenvalue weighted by Crippen LogP contribution is -2.01. The number of hydrogen-bond donors (Lipinski definition) is 0. The second kappa shape index (κ2) is 12.5. The minimum Gasteiger partial charge on any atom is -0.456 e. The molecule has 3 heterocycles. The highest BCUT2D eigenvalue weighted by molar-refractivity contribution is 6.15. The molecule has 6 nitrogen and oxygen atoms in total. The van der Waals surface area contributed by atoms with E-state index in [1.165, 1.54) is 0 Å². The third kappa shape index (κ3) is 5.31. The lowest BCUT2D eigenvalue weighted by Gasteiger charge is -2.13. The van der Waals surface area contributed by atoms with Gasteiger partial charge in [0.1, 0.15) is 11.2 Å². The topological polar surface area (TPSA) is 77.6 Å². The van der Waals surface area contributed by atoms with Crippen LogP contribution in [0.25, 0.3) is 111 Å². The van der Waals surface area contributed by atoms with Crippen molar-refractivity contribution in [2.45, 2.75) is 0 Å². The summed E-state index contributed by atoms with van der Waals surface area (Å²) >= 11 is 0. The summed E-state index contributed by atoms with van der Waals surface area (Å²) in [6.45, 7) is 0. The van der Waals surface area contributed by atoms with Gasteiger partial charge < -0.3 is 4.42 Å². The fourth-order valence-electron chi connectivity index (χ4n) is 7.68. The molecule has 0 fully saturated rings. The van der Waals surface area contributed by atoms with E-state index < -0.39 is 0 Å². The molecule has 0 unspecified atom stereocenters. The minimum absolute atomic E-state index is 0.569. The Hall–Kier alpha value is -7.57. The number of fused-ring (bicyclic) bond motifs is 6. The first-order valence-electron chi connectivity index (χ1n) is 18.2. The SMILES string of the molecule is c1ccc(-c2ccc(-c3nc(-c4ccc(-c5ncc6ccccc6n5)c5ccccc45)nc(-c4cccc5oc6cc7ccccc7cc6c45)n3)cc2)cc1. The number of hydrogen-bond acceptors (Lipinski definition) is 6. The quantitative estimate of drug-likeness (QED) is 0.178. The Balaban J connectivity index is 1.13. The van der Waals surface area contributed by atoms with Crippen LogP contribution in [0.15, 0.2) is 180 Å². The Bertz CT molecular complexity index is 3260. The van der Waals surface area contributed by atoms with Gasteiger partial charge in [0, 0.05) is 44.6 Å². The van der Waals surface area contributed by atoms with Crippen LogP contribution in [-0.2, 0) is 0 Å². The zero-order chi connectivity index (χ0) is 36.3. The van der Waals surface area contributed by atoms with Gasteiger partial charge in [-0.2, -0.15) is 0 Å². The fourth-order valence-corrected chi connectivity index (χ4v) is 7.68. The summed E-state index contributed by atoms with van der Waals surface area (Å²) in [4.78, 5) is 25.4. The molecule has 0 radical (unpaired) electrons. The smallest absolute Gasteiger partial charge is 0.164 e. The summed E-state index contributed by atoms with van der Waals surface area (Å²) in [7, 11) is 0. The molecule has 0 saturated heterocycles. The molecule has 0 aliphatic heterocycles. The molecule has 6 heteroatoms. The number of benzene rings is 8. The van der Waals surface area contributed by atoms with E-state index in [1.54, 1.807) is 0 Å². The molecule has 11 rings (SSSR count). The van der Waals surface area contributed by atoms with Crippen molar-refractivity contribution in [2.24, 2.45) is 0 Å². The maximum Gasteiger partial charge on any atom is 0.164 e. The van der Waals surface area contributed by atoms with Gasteiger partial charge in [-0.1, -0.05) is 133 Å². The molecule has 0 atom stereocenters. The summed E-state index contributed by atoms with van der Waals surface area (Å²) in [5.74, 6) is 2.40. The summed E-state index contributed by atoms with van der Waals surface area (Å²) in [5.41, 5.74) is 8.39. The van der Waals surface area contributed by atoms with Gasteiger partial charge in [-0.15, -0.1) is 0 Å². The van der Waals surface area contributed by atoms with E-state index in [4.69, 9.17) is 29.3 Å². The number of para-hydroxylation sites is 1. The predicted molar refractivity (Wildman–Crippen MR) is 222 cm³/mol. The van der Waals surface area contributed by atoms with Crippen LogP contribution in [-0.4, -0.2) is 24.9 Å². The third-order valence-corrected chi connectivity index (χ3v) is 10.4. The van der Waals surface area contributed by atoms with Crippen molar-refractivity contribution in [1.29, 1.82) is 0 Å². The van der Waals surface area contributed by atoms with Gasteiger partial charge in [0.15, 0.2) is 23.3 Å². The Kier molecular flexibility index (Phi) is 7.07. The van der Waals surface area contributed by atoms with Crippen LogP contribution in [0.2, 0.25) is 0 Å². The van der Waals surface area contributed by atoms with Crippen LogP contribution in [0.1, 0.15) is 0 Å². The van der Waals surface area contributed by atoms with Gasteiger partial charge in [0.2, 0.25) is 0 Å². The molecule has 0 bridgehead atoms. The van der Waals surface area contributed by atoms with E-state index in [0.717, 1.165) is 87.8 Å². The first kappa shape index (κ1) is 31.0. The van der Waals surface area contributed by atoms with Crippen molar-refractivity contribution in [3.8, 4) is 56.7 Å². The molecule has 8 aromatic carbocycles. The van der Waals surface area contributed by atoms with E-state index in [2.05, 4.69) is 109 Å². The second-order valence-electron chi connectivity index (χ2n) is 13.7. The molecule has 256 valence electrons. The van der Waals surface area contributed by atoms with Crippen LogP contribution < -0.4 is 0 Å². The van der Waals surface area contributed by atoms with Gasteiger partial charge in [-0.3, -0.25) is 0 Å². The molecule has 0 saturated carbocycles. The maximum absolute atomic E-state index is 6.46. The Morgan fingerprint density at radius 3 is 1.73 bits per heavy atom. The number of furan rings is 1. The minimum atomic E-state index is 0.569. The molecule has 0 amide bonds. The van der Waals surface area contributed by atoms with Gasteiger partial charge >= 0.3 is 0 Å². The fraction of sp³-hybridized carbons (Fsp3) is 0. The standard InChI is InChI=1S/C49H29N5O/c1-2-11-30(12-3-1)31-21-23-32(24-22-31)46-52-48(39-26-25-38(36-16-7-8-17-37(36)39)47-50-29-35-15-6-9-19-42(35)51-47)54-49(53-46)40-18-10-20-43-45(40)41-27-33-13-4-5-14-34(33)28-44(41)55-43/h1-29H. The highest BCUT2D eigenvalue weighted by atomic mass is 16.3. The first-order chi connectivity index (χ1) is 27.2. The molecule has 0 aliphatic carbocycles. The van der Waals surface area contributed by atoms with Crippen LogP contribution in [0.3, 0.4) is 0 Å². The highest BCUT2D eigenvalue weighted by Gasteiger charge is 2.20. The Morgan fingerprint density at radius 1 is 0.345 bits per heavy atom. The average Bonchev–Trinajstić information content (AvgIpc) is 3.62. The van der Waals surface area contributed by atoms with Crippen molar-refractivity contribution in [3.63, 3.8) is 0 Å². The first-order valence-corrected chi connectivity index (χ1v) is 18.2.